The molecule has 2 aromatic heterocycles. The predicted octanol–water partition coefficient (Wildman–Crippen LogP) is 3.62. The van der Waals surface area contributed by atoms with Crippen molar-refractivity contribution in [1.29, 1.82) is 0 Å². The summed E-state index contributed by atoms with van der Waals surface area (Å²) in [5.41, 5.74) is 3.18. The highest BCUT2D eigenvalue weighted by Gasteiger charge is 2.14. The summed E-state index contributed by atoms with van der Waals surface area (Å²) in [6, 6.07) is 17.3. The number of hydrogen-bond donors (Lipinski definition) is 1. The van der Waals surface area contributed by atoms with E-state index in [4.69, 9.17) is 4.84 Å². The first kappa shape index (κ1) is 19.5. The Hall–Kier alpha value is -3.78. The normalized spacial score (nSPS) is 12.0. The van der Waals surface area contributed by atoms with Crippen molar-refractivity contribution >= 4 is 22.9 Å². The molecule has 8 nitrogen and oxygen atoms in total. The van der Waals surface area contributed by atoms with Crippen molar-refractivity contribution in [3.8, 4) is 5.82 Å². The number of anilines is 1. The largest absolute Gasteiger partial charge is 0.348 e. The fourth-order valence-corrected chi connectivity index (χ4v) is 3.16. The van der Waals surface area contributed by atoms with E-state index in [2.05, 4.69) is 39.3 Å². The third kappa shape index (κ3) is 3.85. The molecule has 1 amide bonds. The smallest absolute Gasteiger partial charge is 0.277 e. The van der Waals surface area contributed by atoms with Gasteiger partial charge < -0.3 is 5.32 Å². The summed E-state index contributed by atoms with van der Waals surface area (Å²) in [6.07, 6.45) is 3.39. The molecule has 8 heteroatoms. The number of carbonyl (C=O) groups is 1. The van der Waals surface area contributed by atoms with Crippen LogP contribution < -0.4 is 5.32 Å². The molecule has 0 saturated heterocycles. The standard InChI is InChI=1S/C22H22N6O2/c1-15(16-7-5-4-6-8-16)25-22-23-12-11-20(26-22)28-14-24-18-13-17(9-10-19(18)28)21(29)27(2)30-3/h4-15H,1-3H3,(H,23,25,26). The Morgan fingerprint density at radius 1 is 1.13 bits per heavy atom. The summed E-state index contributed by atoms with van der Waals surface area (Å²) in [7, 11) is 3.02. The van der Waals surface area contributed by atoms with Gasteiger partial charge in [0.2, 0.25) is 5.95 Å². The van der Waals surface area contributed by atoms with Gasteiger partial charge in [-0.15, -0.1) is 0 Å². The molecule has 0 saturated carbocycles. The first-order valence-corrected chi connectivity index (χ1v) is 9.51. The molecule has 4 aromatic rings. The van der Waals surface area contributed by atoms with E-state index in [0.29, 0.717) is 22.8 Å². The molecule has 0 fully saturated rings. The van der Waals surface area contributed by atoms with Crippen LogP contribution in [0.2, 0.25) is 0 Å². The fraction of sp³-hybridized carbons (Fsp3) is 0.182. The van der Waals surface area contributed by atoms with Crippen LogP contribution in [0.1, 0.15) is 28.9 Å². The van der Waals surface area contributed by atoms with Crippen LogP contribution >= 0.6 is 0 Å². The number of amides is 1. The lowest BCUT2D eigenvalue weighted by atomic mass is 10.1. The summed E-state index contributed by atoms with van der Waals surface area (Å²) >= 11 is 0. The van der Waals surface area contributed by atoms with Gasteiger partial charge in [-0.2, -0.15) is 4.98 Å². The van der Waals surface area contributed by atoms with E-state index in [1.54, 1.807) is 31.7 Å². The summed E-state index contributed by atoms with van der Waals surface area (Å²) in [6.45, 7) is 2.06. The third-order valence-corrected chi connectivity index (χ3v) is 4.89. The SMILES string of the molecule is CON(C)C(=O)c1ccc2c(c1)ncn2-c1ccnc(NC(C)c2ccccc2)n1. The van der Waals surface area contributed by atoms with E-state index in [1.807, 2.05) is 34.9 Å². The Morgan fingerprint density at radius 2 is 1.93 bits per heavy atom. The summed E-state index contributed by atoms with van der Waals surface area (Å²) in [4.78, 5) is 30.7. The van der Waals surface area contributed by atoms with Crippen LogP contribution in [0.4, 0.5) is 5.95 Å². The maximum absolute atomic E-state index is 12.3. The van der Waals surface area contributed by atoms with Gasteiger partial charge in [-0.3, -0.25) is 14.2 Å². The lowest BCUT2D eigenvalue weighted by Crippen LogP contribution is -2.25. The van der Waals surface area contributed by atoms with E-state index in [-0.39, 0.29) is 11.9 Å². The van der Waals surface area contributed by atoms with Crippen molar-refractivity contribution in [2.75, 3.05) is 19.5 Å². The number of imidazole rings is 1. The Labute approximate surface area is 174 Å². The molecule has 152 valence electrons. The molecular formula is C22H22N6O2. The number of carbonyl (C=O) groups excluding carboxylic acids is 1. The molecule has 0 radical (unpaired) electrons. The number of nitrogens with zero attached hydrogens (tertiary/aromatic N) is 5. The molecule has 0 aliphatic carbocycles. The van der Waals surface area contributed by atoms with Gasteiger partial charge in [-0.1, -0.05) is 30.3 Å². The first-order chi connectivity index (χ1) is 14.6. The summed E-state index contributed by atoms with van der Waals surface area (Å²) < 4.78 is 1.86. The number of hydroxylamine groups is 2. The maximum Gasteiger partial charge on any atom is 0.277 e. The molecule has 1 unspecified atom stereocenters. The summed E-state index contributed by atoms with van der Waals surface area (Å²) in [5, 5.41) is 4.51. The molecule has 30 heavy (non-hydrogen) atoms. The molecular weight excluding hydrogens is 380 g/mol. The molecule has 1 atom stereocenters. The quantitative estimate of drug-likeness (QED) is 0.496. The highest BCUT2D eigenvalue weighted by atomic mass is 16.7. The molecule has 2 heterocycles. The molecule has 0 aliphatic heterocycles. The van der Waals surface area contributed by atoms with Gasteiger partial charge in [0, 0.05) is 18.8 Å². The minimum absolute atomic E-state index is 0.0623. The maximum atomic E-state index is 12.3. The van der Waals surface area contributed by atoms with Crippen LogP contribution in [0.25, 0.3) is 16.9 Å². The second-order valence-electron chi connectivity index (χ2n) is 6.82. The van der Waals surface area contributed by atoms with Crippen LogP contribution in [-0.4, -0.2) is 44.6 Å². The van der Waals surface area contributed by atoms with Gasteiger partial charge in [0.05, 0.1) is 24.2 Å². The second kappa shape index (κ2) is 8.30. The average molecular weight is 402 g/mol. The minimum Gasteiger partial charge on any atom is -0.348 e. The van der Waals surface area contributed by atoms with Crippen LogP contribution in [-0.2, 0) is 4.84 Å². The third-order valence-electron chi connectivity index (χ3n) is 4.89. The number of nitrogens with one attached hydrogen (secondary N) is 1. The van der Waals surface area contributed by atoms with Gasteiger partial charge in [-0.25, -0.2) is 15.0 Å². The van der Waals surface area contributed by atoms with Crippen LogP contribution in [0.15, 0.2) is 67.1 Å². The number of aromatic nitrogens is 4. The van der Waals surface area contributed by atoms with Crippen LogP contribution in [0, 0.1) is 0 Å². The molecule has 1 N–H and O–H groups in total. The van der Waals surface area contributed by atoms with Crippen molar-refractivity contribution in [3.63, 3.8) is 0 Å². The average Bonchev–Trinajstić information content (AvgIpc) is 3.22. The number of fused-ring (bicyclic) bond motifs is 1. The van der Waals surface area contributed by atoms with Crippen molar-refractivity contribution in [2.24, 2.45) is 0 Å². The first-order valence-electron chi connectivity index (χ1n) is 9.51. The molecule has 2 aromatic carbocycles. The van der Waals surface area contributed by atoms with Gasteiger partial charge in [-0.05, 0) is 36.8 Å². The Kier molecular flexibility index (Phi) is 5.40. The van der Waals surface area contributed by atoms with E-state index < -0.39 is 0 Å². The number of hydrogen-bond acceptors (Lipinski definition) is 6. The van der Waals surface area contributed by atoms with Gasteiger partial charge in [0.1, 0.15) is 12.1 Å². The van der Waals surface area contributed by atoms with E-state index >= 15 is 0 Å². The topological polar surface area (TPSA) is 85.2 Å². The van der Waals surface area contributed by atoms with Gasteiger partial charge >= 0.3 is 0 Å². The number of rotatable bonds is 6. The Balaban J connectivity index is 1.61. The van der Waals surface area contributed by atoms with Crippen molar-refractivity contribution < 1.29 is 9.63 Å². The highest BCUT2D eigenvalue weighted by molar-refractivity contribution is 5.96. The molecule has 0 aliphatic rings. The van der Waals surface area contributed by atoms with Crippen LogP contribution in [0.3, 0.4) is 0 Å². The summed E-state index contributed by atoms with van der Waals surface area (Å²) in [5.74, 6) is 0.972. The fourth-order valence-electron chi connectivity index (χ4n) is 3.16. The predicted molar refractivity (Wildman–Crippen MR) is 114 cm³/mol. The Bertz CT molecular complexity index is 1170. The van der Waals surface area contributed by atoms with E-state index in [9.17, 15) is 4.79 Å². The van der Waals surface area contributed by atoms with E-state index in [0.717, 1.165) is 11.1 Å². The zero-order chi connectivity index (χ0) is 21.1. The minimum atomic E-state index is -0.239. The lowest BCUT2D eigenvalue weighted by molar-refractivity contribution is -0.0756. The zero-order valence-electron chi connectivity index (χ0n) is 17.0. The van der Waals surface area contributed by atoms with Crippen molar-refractivity contribution in [3.05, 3.63) is 78.2 Å². The van der Waals surface area contributed by atoms with Crippen molar-refractivity contribution in [2.45, 2.75) is 13.0 Å². The van der Waals surface area contributed by atoms with Crippen LogP contribution in [0.5, 0.6) is 0 Å². The monoisotopic (exact) mass is 402 g/mol. The van der Waals surface area contributed by atoms with E-state index in [1.165, 1.54) is 12.2 Å². The highest BCUT2D eigenvalue weighted by Crippen LogP contribution is 2.21. The molecule has 4 rings (SSSR count). The Morgan fingerprint density at radius 3 is 2.70 bits per heavy atom. The lowest BCUT2D eigenvalue weighted by Gasteiger charge is -2.15. The molecule has 0 spiro atoms. The second-order valence-corrected chi connectivity index (χ2v) is 6.82. The number of benzene rings is 2. The van der Waals surface area contributed by atoms with Gasteiger partial charge in [0.15, 0.2) is 0 Å². The molecule has 0 bridgehead atoms. The zero-order valence-corrected chi connectivity index (χ0v) is 17.0. The van der Waals surface area contributed by atoms with Gasteiger partial charge in [0.25, 0.3) is 5.91 Å². The van der Waals surface area contributed by atoms with Crippen molar-refractivity contribution in [1.82, 2.24) is 24.6 Å².